The Morgan fingerprint density at radius 1 is 1.10 bits per heavy atom. The predicted octanol–water partition coefficient (Wildman–Crippen LogP) is 4.60. The quantitative estimate of drug-likeness (QED) is 0.647. The molecule has 0 aliphatic heterocycles. The standard InChI is InChI=1S/C15H11Cl2FN2/c16-9-8-14-19-15-12(18)2-1-3-13(15)20(14)11-6-4-10(17)5-7-11/h1-7H,8-9H2. The number of benzene rings is 2. The zero-order chi connectivity index (χ0) is 14.1. The lowest BCUT2D eigenvalue weighted by Gasteiger charge is -2.08. The molecule has 20 heavy (non-hydrogen) atoms. The van der Waals surface area contributed by atoms with Gasteiger partial charge in [-0.15, -0.1) is 11.6 Å². The molecule has 0 radical (unpaired) electrons. The van der Waals surface area contributed by atoms with Crippen LogP contribution in [0, 0.1) is 5.82 Å². The largest absolute Gasteiger partial charge is 0.296 e. The fourth-order valence-electron chi connectivity index (χ4n) is 2.24. The van der Waals surface area contributed by atoms with Gasteiger partial charge in [-0.3, -0.25) is 4.57 Å². The van der Waals surface area contributed by atoms with Crippen molar-refractivity contribution in [1.82, 2.24) is 9.55 Å². The average molecular weight is 309 g/mol. The predicted molar refractivity (Wildman–Crippen MR) is 80.5 cm³/mol. The van der Waals surface area contributed by atoms with Crippen LogP contribution >= 0.6 is 23.2 Å². The molecule has 2 nitrogen and oxygen atoms in total. The van der Waals surface area contributed by atoms with Crippen LogP contribution in [0.2, 0.25) is 5.02 Å². The van der Waals surface area contributed by atoms with E-state index in [1.165, 1.54) is 6.07 Å². The number of imidazole rings is 1. The summed E-state index contributed by atoms with van der Waals surface area (Å²) >= 11 is 11.7. The van der Waals surface area contributed by atoms with Gasteiger partial charge >= 0.3 is 0 Å². The number of nitrogens with zero attached hydrogens (tertiary/aromatic N) is 2. The molecule has 0 amide bonds. The highest BCUT2D eigenvalue weighted by Gasteiger charge is 2.14. The Morgan fingerprint density at radius 3 is 2.55 bits per heavy atom. The summed E-state index contributed by atoms with van der Waals surface area (Å²) in [6.45, 7) is 0. The normalized spacial score (nSPS) is 11.2. The van der Waals surface area contributed by atoms with Crippen LogP contribution in [0.15, 0.2) is 42.5 Å². The van der Waals surface area contributed by atoms with Gasteiger partial charge < -0.3 is 0 Å². The van der Waals surface area contributed by atoms with Gasteiger partial charge in [-0.1, -0.05) is 17.7 Å². The molecule has 0 saturated carbocycles. The van der Waals surface area contributed by atoms with Gasteiger partial charge in [0.25, 0.3) is 0 Å². The molecule has 5 heteroatoms. The van der Waals surface area contributed by atoms with Crippen molar-refractivity contribution in [1.29, 1.82) is 0 Å². The summed E-state index contributed by atoms with van der Waals surface area (Å²) in [6.07, 6.45) is 0.568. The van der Waals surface area contributed by atoms with E-state index in [-0.39, 0.29) is 5.82 Å². The summed E-state index contributed by atoms with van der Waals surface area (Å²) in [5.74, 6) is 0.840. The Kier molecular flexibility index (Phi) is 3.64. The highest BCUT2D eigenvalue weighted by molar-refractivity contribution is 6.30. The number of hydrogen-bond acceptors (Lipinski definition) is 1. The van der Waals surface area contributed by atoms with Crippen molar-refractivity contribution >= 4 is 34.2 Å². The molecule has 3 aromatic rings. The van der Waals surface area contributed by atoms with E-state index in [2.05, 4.69) is 4.98 Å². The van der Waals surface area contributed by atoms with Gasteiger partial charge in [0.15, 0.2) is 5.82 Å². The van der Waals surface area contributed by atoms with Crippen molar-refractivity contribution < 1.29 is 4.39 Å². The first-order valence-corrected chi connectivity index (χ1v) is 7.09. The van der Waals surface area contributed by atoms with Crippen molar-refractivity contribution in [3.63, 3.8) is 0 Å². The second kappa shape index (κ2) is 5.43. The molecule has 0 atom stereocenters. The van der Waals surface area contributed by atoms with Crippen LogP contribution in [-0.4, -0.2) is 15.4 Å². The SMILES string of the molecule is Fc1cccc2c1nc(CCCl)n2-c1ccc(Cl)cc1. The maximum Gasteiger partial charge on any atom is 0.151 e. The van der Waals surface area contributed by atoms with Crippen LogP contribution in [0.5, 0.6) is 0 Å². The van der Waals surface area contributed by atoms with Crippen molar-refractivity contribution in [2.75, 3.05) is 5.88 Å². The minimum Gasteiger partial charge on any atom is -0.296 e. The molecular formula is C15H11Cl2FN2. The minimum atomic E-state index is -0.328. The Balaban J connectivity index is 2.28. The first-order chi connectivity index (χ1) is 9.70. The molecule has 2 aromatic carbocycles. The molecule has 0 bridgehead atoms. The molecule has 1 heterocycles. The molecule has 1 aromatic heterocycles. The smallest absolute Gasteiger partial charge is 0.151 e. The number of fused-ring (bicyclic) bond motifs is 1. The summed E-state index contributed by atoms with van der Waals surface area (Å²) in [4.78, 5) is 4.37. The fourth-order valence-corrected chi connectivity index (χ4v) is 2.54. The molecule has 0 spiro atoms. The Morgan fingerprint density at radius 2 is 1.85 bits per heavy atom. The van der Waals surface area contributed by atoms with Gasteiger partial charge in [-0.05, 0) is 36.4 Å². The zero-order valence-corrected chi connectivity index (χ0v) is 12.0. The molecule has 0 N–H and O–H groups in total. The van der Waals surface area contributed by atoms with Gasteiger partial charge in [0, 0.05) is 23.0 Å². The number of alkyl halides is 1. The molecule has 0 aliphatic rings. The van der Waals surface area contributed by atoms with Crippen LogP contribution in [0.25, 0.3) is 16.7 Å². The molecule has 0 saturated heterocycles. The van der Waals surface area contributed by atoms with Crippen molar-refractivity contribution in [3.05, 3.63) is 59.1 Å². The highest BCUT2D eigenvalue weighted by Crippen LogP contribution is 2.25. The van der Waals surface area contributed by atoms with Crippen LogP contribution < -0.4 is 0 Å². The lowest BCUT2D eigenvalue weighted by molar-refractivity contribution is 0.637. The molecule has 0 unspecified atom stereocenters. The van der Waals surface area contributed by atoms with Crippen LogP contribution in [0.4, 0.5) is 4.39 Å². The number of rotatable bonds is 3. The van der Waals surface area contributed by atoms with E-state index >= 15 is 0 Å². The van der Waals surface area contributed by atoms with E-state index in [9.17, 15) is 4.39 Å². The third kappa shape index (κ3) is 2.28. The topological polar surface area (TPSA) is 17.8 Å². The lowest BCUT2D eigenvalue weighted by atomic mass is 10.2. The Bertz CT molecular complexity index is 750. The van der Waals surface area contributed by atoms with Gasteiger partial charge in [0.1, 0.15) is 11.3 Å². The van der Waals surface area contributed by atoms with Crippen molar-refractivity contribution in [3.8, 4) is 5.69 Å². The summed E-state index contributed by atoms with van der Waals surface area (Å²) in [5.41, 5.74) is 1.98. The Labute approximate surface area is 125 Å². The summed E-state index contributed by atoms with van der Waals surface area (Å²) in [7, 11) is 0. The zero-order valence-electron chi connectivity index (χ0n) is 10.5. The van der Waals surface area contributed by atoms with Crippen molar-refractivity contribution in [2.24, 2.45) is 0 Å². The summed E-state index contributed by atoms with van der Waals surface area (Å²) in [6, 6.07) is 12.3. The van der Waals surface area contributed by atoms with Crippen LogP contribution in [-0.2, 0) is 6.42 Å². The average Bonchev–Trinajstić information content (AvgIpc) is 2.80. The molecule has 0 aliphatic carbocycles. The number of aryl methyl sites for hydroxylation is 1. The van der Waals surface area contributed by atoms with E-state index in [0.717, 1.165) is 17.0 Å². The first-order valence-electron chi connectivity index (χ1n) is 6.18. The van der Waals surface area contributed by atoms with Gasteiger partial charge in [-0.2, -0.15) is 0 Å². The lowest BCUT2D eigenvalue weighted by Crippen LogP contribution is -2.01. The second-order valence-corrected chi connectivity index (χ2v) is 5.20. The molecule has 3 rings (SSSR count). The summed E-state index contributed by atoms with van der Waals surface area (Å²) in [5, 5.41) is 0.656. The van der Waals surface area contributed by atoms with E-state index < -0.39 is 0 Å². The minimum absolute atomic E-state index is 0.328. The van der Waals surface area contributed by atoms with Crippen molar-refractivity contribution in [2.45, 2.75) is 6.42 Å². The third-order valence-corrected chi connectivity index (χ3v) is 3.55. The first kappa shape index (κ1) is 13.4. The van der Waals surface area contributed by atoms with Crippen LogP contribution in [0.1, 0.15) is 5.82 Å². The van der Waals surface area contributed by atoms with E-state index in [1.807, 2.05) is 22.8 Å². The highest BCUT2D eigenvalue weighted by atomic mass is 35.5. The number of halogens is 3. The molecule has 0 fully saturated rings. The van der Waals surface area contributed by atoms with E-state index in [0.29, 0.717) is 22.8 Å². The summed E-state index contributed by atoms with van der Waals surface area (Å²) < 4.78 is 15.8. The van der Waals surface area contributed by atoms with E-state index in [4.69, 9.17) is 23.2 Å². The van der Waals surface area contributed by atoms with Crippen LogP contribution in [0.3, 0.4) is 0 Å². The molecule has 102 valence electrons. The number of aromatic nitrogens is 2. The van der Waals surface area contributed by atoms with Gasteiger partial charge in [0.05, 0.1) is 5.52 Å². The maximum absolute atomic E-state index is 13.9. The fraction of sp³-hybridized carbons (Fsp3) is 0.133. The maximum atomic E-state index is 13.9. The Hall–Kier alpha value is -1.58. The van der Waals surface area contributed by atoms with Gasteiger partial charge in [-0.25, -0.2) is 9.37 Å². The molecular weight excluding hydrogens is 298 g/mol. The second-order valence-electron chi connectivity index (χ2n) is 4.39. The number of para-hydroxylation sites is 1. The van der Waals surface area contributed by atoms with Gasteiger partial charge in [0.2, 0.25) is 0 Å². The number of hydrogen-bond donors (Lipinski definition) is 0. The van der Waals surface area contributed by atoms with E-state index in [1.54, 1.807) is 18.2 Å². The monoisotopic (exact) mass is 308 g/mol. The third-order valence-electron chi connectivity index (χ3n) is 3.11.